The van der Waals surface area contributed by atoms with Crippen molar-refractivity contribution in [2.75, 3.05) is 6.54 Å². The van der Waals surface area contributed by atoms with E-state index in [9.17, 15) is 4.79 Å². The monoisotopic (exact) mass is 325 g/mol. The van der Waals surface area contributed by atoms with Crippen LogP contribution in [0.3, 0.4) is 0 Å². The van der Waals surface area contributed by atoms with Gasteiger partial charge in [-0.05, 0) is 36.8 Å². The van der Waals surface area contributed by atoms with Crippen molar-refractivity contribution in [1.82, 2.24) is 25.4 Å². The number of aryl methyl sites for hydroxylation is 2. The minimum Gasteiger partial charge on any atom is -0.348 e. The Hall–Kier alpha value is -2.21. The van der Waals surface area contributed by atoms with E-state index in [0.717, 1.165) is 44.5 Å². The third kappa shape index (κ3) is 3.19. The topological polar surface area (TPSA) is 71.8 Å². The van der Waals surface area contributed by atoms with Crippen LogP contribution in [0.15, 0.2) is 30.6 Å². The number of carbonyl (C=O) groups is 1. The number of rotatable bonds is 4. The van der Waals surface area contributed by atoms with Gasteiger partial charge in [-0.25, -0.2) is 9.67 Å². The summed E-state index contributed by atoms with van der Waals surface area (Å²) in [6.45, 7) is 1.14. The first-order valence-electron chi connectivity index (χ1n) is 8.77. The summed E-state index contributed by atoms with van der Waals surface area (Å²) in [5, 5.41) is 10.8. The quantitative estimate of drug-likeness (QED) is 0.891. The molecule has 6 nitrogen and oxygen atoms in total. The molecule has 2 aliphatic rings. The smallest absolute Gasteiger partial charge is 0.234 e. The van der Waals surface area contributed by atoms with Gasteiger partial charge in [-0.2, -0.15) is 5.10 Å². The summed E-state index contributed by atoms with van der Waals surface area (Å²) in [6, 6.07) is 8.87. The molecule has 2 atom stereocenters. The Morgan fingerprint density at radius 1 is 1.25 bits per heavy atom. The van der Waals surface area contributed by atoms with Crippen molar-refractivity contribution in [3.63, 3.8) is 0 Å². The van der Waals surface area contributed by atoms with E-state index in [2.05, 4.69) is 45.0 Å². The molecule has 6 heteroatoms. The molecule has 0 saturated carbocycles. The Morgan fingerprint density at radius 2 is 2.17 bits per heavy atom. The second kappa shape index (κ2) is 6.73. The number of hydrogen-bond donors (Lipinski definition) is 2. The normalized spacial score (nSPS) is 22.5. The maximum atomic E-state index is 12.4. The fourth-order valence-electron chi connectivity index (χ4n) is 3.79. The zero-order chi connectivity index (χ0) is 16.4. The Morgan fingerprint density at radius 3 is 3.12 bits per heavy atom. The number of fused-ring (bicyclic) bond motifs is 2. The van der Waals surface area contributed by atoms with Gasteiger partial charge in [0.2, 0.25) is 5.91 Å². The van der Waals surface area contributed by atoms with Gasteiger partial charge >= 0.3 is 0 Å². The number of carbonyl (C=O) groups excluding carboxylic acids is 1. The third-order valence-corrected chi connectivity index (χ3v) is 5.06. The first-order valence-corrected chi connectivity index (χ1v) is 8.77. The molecule has 1 aliphatic carbocycles. The van der Waals surface area contributed by atoms with Gasteiger partial charge < -0.3 is 10.6 Å². The first kappa shape index (κ1) is 15.3. The van der Waals surface area contributed by atoms with E-state index in [-0.39, 0.29) is 18.0 Å². The van der Waals surface area contributed by atoms with Gasteiger partial charge in [-0.1, -0.05) is 24.3 Å². The molecular weight excluding hydrogens is 302 g/mol. The summed E-state index contributed by atoms with van der Waals surface area (Å²) in [6.07, 6.45) is 6.78. The van der Waals surface area contributed by atoms with Crippen molar-refractivity contribution in [2.45, 2.75) is 50.7 Å². The van der Waals surface area contributed by atoms with Crippen molar-refractivity contribution in [2.24, 2.45) is 0 Å². The van der Waals surface area contributed by atoms with E-state index in [1.54, 1.807) is 6.33 Å². The lowest BCUT2D eigenvalue weighted by molar-refractivity contribution is -0.121. The second-order valence-corrected chi connectivity index (χ2v) is 6.69. The number of benzene rings is 1. The molecule has 0 bridgehead atoms. The predicted octanol–water partition coefficient (Wildman–Crippen LogP) is 1.38. The van der Waals surface area contributed by atoms with Crippen LogP contribution in [-0.4, -0.2) is 33.3 Å². The summed E-state index contributed by atoms with van der Waals surface area (Å²) in [4.78, 5) is 16.6. The number of nitrogens with zero attached hydrogens (tertiary/aromatic N) is 3. The lowest BCUT2D eigenvalue weighted by atomic mass is 9.88. The maximum Gasteiger partial charge on any atom is 0.234 e. The van der Waals surface area contributed by atoms with Gasteiger partial charge in [-0.3, -0.25) is 4.79 Å². The van der Waals surface area contributed by atoms with Crippen molar-refractivity contribution in [3.05, 3.63) is 47.5 Å². The molecule has 0 saturated heterocycles. The van der Waals surface area contributed by atoms with Crippen LogP contribution in [0, 0.1) is 0 Å². The number of aromatic nitrogens is 3. The highest BCUT2D eigenvalue weighted by Crippen LogP contribution is 2.29. The molecule has 126 valence electrons. The molecule has 1 aromatic heterocycles. The van der Waals surface area contributed by atoms with Crippen LogP contribution in [0.5, 0.6) is 0 Å². The van der Waals surface area contributed by atoms with Crippen molar-refractivity contribution in [3.8, 4) is 0 Å². The van der Waals surface area contributed by atoms with Crippen molar-refractivity contribution < 1.29 is 4.79 Å². The fourth-order valence-corrected chi connectivity index (χ4v) is 3.79. The highest BCUT2D eigenvalue weighted by molar-refractivity contribution is 5.78. The van der Waals surface area contributed by atoms with E-state index in [4.69, 9.17) is 0 Å². The fraction of sp³-hybridized carbons (Fsp3) is 0.500. The van der Waals surface area contributed by atoms with Crippen molar-refractivity contribution in [1.29, 1.82) is 0 Å². The molecule has 0 fully saturated rings. The molecule has 2 aromatic rings. The largest absolute Gasteiger partial charge is 0.348 e. The van der Waals surface area contributed by atoms with Crippen LogP contribution in [-0.2, 0) is 24.2 Å². The van der Waals surface area contributed by atoms with Gasteiger partial charge in [0.25, 0.3) is 0 Å². The van der Waals surface area contributed by atoms with E-state index in [0.29, 0.717) is 6.54 Å². The SMILES string of the molecule is O=C(CN[C@@H]1CCc2ncnn2C1)N[C@H]1CCCc2ccccc21. The molecule has 0 spiro atoms. The van der Waals surface area contributed by atoms with Crippen LogP contribution in [0.2, 0.25) is 0 Å². The molecule has 1 aliphatic heterocycles. The van der Waals surface area contributed by atoms with Crippen LogP contribution in [0.25, 0.3) is 0 Å². The van der Waals surface area contributed by atoms with E-state index >= 15 is 0 Å². The van der Waals surface area contributed by atoms with Gasteiger partial charge in [0.1, 0.15) is 12.2 Å². The zero-order valence-corrected chi connectivity index (χ0v) is 13.7. The van der Waals surface area contributed by atoms with Gasteiger partial charge in [0.05, 0.1) is 19.1 Å². The molecule has 24 heavy (non-hydrogen) atoms. The van der Waals surface area contributed by atoms with Gasteiger partial charge in [0.15, 0.2) is 0 Å². The second-order valence-electron chi connectivity index (χ2n) is 6.69. The van der Waals surface area contributed by atoms with Crippen LogP contribution < -0.4 is 10.6 Å². The summed E-state index contributed by atoms with van der Waals surface area (Å²) < 4.78 is 1.93. The molecule has 2 heterocycles. The lowest BCUT2D eigenvalue weighted by Gasteiger charge is -2.27. The van der Waals surface area contributed by atoms with Gasteiger partial charge in [-0.15, -0.1) is 0 Å². The highest BCUT2D eigenvalue weighted by Gasteiger charge is 2.23. The molecule has 2 N–H and O–H groups in total. The van der Waals surface area contributed by atoms with E-state index in [1.807, 2.05) is 4.68 Å². The van der Waals surface area contributed by atoms with Crippen LogP contribution in [0.4, 0.5) is 0 Å². The maximum absolute atomic E-state index is 12.4. The van der Waals surface area contributed by atoms with Crippen LogP contribution in [0.1, 0.15) is 42.3 Å². The molecular formula is C18H23N5O. The van der Waals surface area contributed by atoms with E-state index in [1.165, 1.54) is 11.1 Å². The average Bonchev–Trinajstić information content (AvgIpc) is 3.08. The molecule has 0 unspecified atom stereocenters. The van der Waals surface area contributed by atoms with E-state index < -0.39 is 0 Å². The Kier molecular flexibility index (Phi) is 4.30. The molecule has 0 radical (unpaired) electrons. The summed E-state index contributed by atoms with van der Waals surface area (Å²) >= 11 is 0. The third-order valence-electron chi connectivity index (χ3n) is 5.06. The predicted molar refractivity (Wildman–Crippen MR) is 90.4 cm³/mol. The Labute approximate surface area is 141 Å². The average molecular weight is 325 g/mol. The molecule has 1 amide bonds. The molecule has 4 rings (SSSR count). The highest BCUT2D eigenvalue weighted by atomic mass is 16.2. The summed E-state index contributed by atoms with van der Waals surface area (Å²) in [5.41, 5.74) is 2.65. The zero-order valence-electron chi connectivity index (χ0n) is 13.7. The lowest BCUT2D eigenvalue weighted by Crippen LogP contribution is -2.44. The van der Waals surface area contributed by atoms with Crippen LogP contribution >= 0.6 is 0 Å². The minimum absolute atomic E-state index is 0.0705. The standard InChI is InChI=1S/C18H23N5O/c24-18(10-19-14-8-9-17-20-12-21-23(17)11-14)22-16-7-3-5-13-4-1-2-6-15(13)16/h1-2,4,6,12,14,16,19H,3,5,7-11H2,(H,22,24)/t14-,16+/m1/s1. The summed E-state index contributed by atoms with van der Waals surface area (Å²) in [5.74, 6) is 1.11. The Bertz CT molecular complexity index is 726. The number of hydrogen-bond acceptors (Lipinski definition) is 4. The molecule has 1 aromatic carbocycles. The first-order chi connectivity index (χ1) is 11.8. The van der Waals surface area contributed by atoms with Crippen molar-refractivity contribution >= 4 is 5.91 Å². The van der Waals surface area contributed by atoms with Gasteiger partial charge in [0, 0.05) is 12.5 Å². The number of nitrogens with one attached hydrogen (secondary N) is 2. The number of amides is 1. The Balaban J connectivity index is 1.30. The summed E-state index contributed by atoms with van der Waals surface area (Å²) in [7, 11) is 0. The minimum atomic E-state index is 0.0705.